The molecule has 1 heterocycles. The molecule has 1 aliphatic heterocycles. The molecule has 0 aliphatic carbocycles. The number of halogens is 1. The summed E-state index contributed by atoms with van der Waals surface area (Å²) in [5.41, 5.74) is 0. The molecule has 40 valence electrons. The highest BCUT2D eigenvalue weighted by atomic mass is 79.9. The fourth-order valence-corrected chi connectivity index (χ4v) is 0.316. The van der Waals surface area contributed by atoms with Crippen LogP contribution in [-0.2, 0) is 9.53 Å². The molecule has 0 unspecified atom stereocenters. The zero-order valence-corrected chi connectivity index (χ0v) is 5.30. The van der Waals surface area contributed by atoms with Crippen molar-refractivity contribution in [1.82, 2.24) is 0 Å². The lowest BCUT2D eigenvalue weighted by molar-refractivity contribution is -0.135. The summed E-state index contributed by atoms with van der Waals surface area (Å²) in [5, 5.41) is 0. The lowest BCUT2D eigenvalue weighted by Crippen LogP contribution is -1.87. The first-order chi connectivity index (χ1) is 2.89. The molecule has 0 saturated heterocycles. The molecular formula is C4H5BrO2. The van der Waals surface area contributed by atoms with E-state index in [1.165, 1.54) is 6.26 Å². The van der Waals surface area contributed by atoms with E-state index in [1.807, 2.05) is 0 Å². The standard InChI is InChI=1S/C4H4O2.BrH/c5-4-2-1-3-6-4;/h1,3H,2H2;1H. The number of hydrogen-bond acceptors (Lipinski definition) is 2. The summed E-state index contributed by atoms with van der Waals surface area (Å²) >= 11 is 0. The third-order valence-corrected chi connectivity index (χ3v) is 0.580. The fourth-order valence-electron chi connectivity index (χ4n) is 0.316. The van der Waals surface area contributed by atoms with Crippen LogP contribution in [0.5, 0.6) is 0 Å². The van der Waals surface area contributed by atoms with Gasteiger partial charge in [-0.3, -0.25) is 4.79 Å². The number of carbonyl (C=O) groups is 1. The minimum atomic E-state index is -0.157. The average Bonchev–Trinajstić information content (AvgIpc) is 1.86. The Morgan fingerprint density at radius 1 is 1.71 bits per heavy atom. The fraction of sp³-hybridized carbons (Fsp3) is 0.250. The van der Waals surface area contributed by atoms with E-state index in [1.54, 1.807) is 6.08 Å². The predicted octanol–water partition coefficient (Wildman–Crippen LogP) is 1.02. The van der Waals surface area contributed by atoms with E-state index in [0.29, 0.717) is 6.42 Å². The highest BCUT2D eigenvalue weighted by Crippen LogP contribution is 1.96. The molecule has 1 aliphatic rings. The van der Waals surface area contributed by atoms with E-state index < -0.39 is 0 Å². The summed E-state index contributed by atoms with van der Waals surface area (Å²) in [6, 6.07) is 0. The maximum absolute atomic E-state index is 9.96. The molecular weight excluding hydrogens is 160 g/mol. The van der Waals surface area contributed by atoms with Crippen LogP contribution >= 0.6 is 17.0 Å². The summed E-state index contributed by atoms with van der Waals surface area (Å²) in [7, 11) is 0. The molecule has 0 aromatic heterocycles. The lowest BCUT2D eigenvalue weighted by Gasteiger charge is -1.78. The van der Waals surface area contributed by atoms with E-state index in [2.05, 4.69) is 4.74 Å². The van der Waals surface area contributed by atoms with Crippen molar-refractivity contribution in [2.24, 2.45) is 0 Å². The van der Waals surface area contributed by atoms with Crippen LogP contribution < -0.4 is 0 Å². The van der Waals surface area contributed by atoms with Crippen molar-refractivity contribution in [3.05, 3.63) is 12.3 Å². The number of hydrogen-bond donors (Lipinski definition) is 0. The molecule has 3 heteroatoms. The van der Waals surface area contributed by atoms with Gasteiger partial charge in [-0.05, 0) is 6.08 Å². The second-order valence-electron chi connectivity index (χ2n) is 1.07. The van der Waals surface area contributed by atoms with Crippen LogP contribution in [0, 0.1) is 0 Å². The smallest absolute Gasteiger partial charge is 0.314 e. The Hall–Kier alpha value is -0.310. The molecule has 0 aromatic carbocycles. The van der Waals surface area contributed by atoms with Crippen molar-refractivity contribution < 1.29 is 9.53 Å². The van der Waals surface area contributed by atoms with Gasteiger partial charge in [-0.25, -0.2) is 0 Å². The molecule has 0 atom stereocenters. The van der Waals surface area contributed by atoms with Crippen LogP contribution in [0.2, 0.25) is 0 Å². The van der Waals surface area contributed by atoms with Gasteiger partial charge in [0.15, 0.2) is 0 Å². The van der Waals surface area contributed by atoms with Crippen molar-refractivity contribution in [3.8, 4) is 0 Å². The Balaban J connectivity index is 0.000000360. The van der Waals surface area contributed by atoms with Crippen molar-refractivity contribution >= 4 is 23.0 Å². The van der Waals surface area contributed by atoms with Gasteiger partial charge < -0.3 is 4.74 Å². The molecule has 0 N–H and O–H groups in total. The van der Waals surface area contributed by atoms with Crippen molar-refractivity contribution in [2.75, 3.05) is 0 Å². The van der Waals surface area contributed by atoms with Crippen LogP contribution in [0.4, 0.5) is 0 Å². The Bertz CT molecular complexity index is 87.9. The van der Waals surface area contributed by atoms with Gasteiger partial charge in [-0.1, -0.05) is 0 Å². The van der Waals surface area contributed by atoms with E-state index in [0.717, 1.165) is 0 Å². The third-order valence-electron chi connectivity index (χ3n) is 0.580. The molecule has 2 nitrogen and oxygen atoms in total. The second kappa shape index (κ2) is 2.80. The third kappa shape index (κ3) is 1.73. The van der Waals surface area contributed by atoms with E-state index in [4.69, 9.17) is 0 Å². The molecule has 0 bridgehead atoms. The first-order valence-electron chi connectivity index (χ1n) is 1.74. The quantitative estimate of drug-likeness (QED) is 0.501. The van der Waals surface area contributed by atoms with Crippen LogP contribution in [0.3, 0.4) is 0 Å². The summed E-state index contributed by atoms with van der Waals surface area (Å²) in [6.45, 7) is 0. The van der Waals surface area contributed by atoms with Gasteiger partial charge in [0.25, 0.3) is 0 Å². The summed E-state index contributed by atoms with van der Waals surface area (Å²) in [6.07, 6.45) is 3.53. The van der Waals surface area contributed by atoms with Crippen molar-refractivity contribution in [1.29, 1.82) is 0 Å². The number of carbonyl (C=O) groups excluding carboxylic acids is 1. The lowest BCUT2D eigenvalue weighted by atomic mass is 10.5. The van der Waals surface area contributed by atoms with E-state index in [-0.39, 0.29) is 23.0 Å². The molecule has 1 rings (SSSR count). The van der Waals surface area contributed by atoms with Crippen LogP contribution in [0.1, 0.15) is 6.42 Å². The van der Waals surface area contributed by atoms with Gasteiger partial charge in [0.05, 0.1) is 12.7 Å². The van der Waals surface area contributed by atoms with Gasteiger partial charge in [0, 0.05) is 0 Å². The normalized spacial score (nSPS) is 15.7. The van der Waals surface area contributed by atoms with Crippen molar-refractivity contribution in [2.45, 2.75) is 6.42 Å². The van der Waals surface area contributed by atoms with Crippen LogP contribution in [0.15, 0.2) is 12.3 Å². The second-order valence-corrected chi connectivity index (χ2v) is 1.07. The van der Waals surface area contributed by atoms with E-state index >= 15 is 0 Å². The molecule has 0 aromatic rings. The zero-order chi connectivity index (χ0) is 4.41. The molecule has 0 amide bonds. The highest BCUT2D eigenvalue weighted by Gasteiger charge is 2.00. The molecule has 0 radical (unpaired) electrons. The van der Waals surface area contributed by atoms with Crippen molar-refractivity contribution in [3.63, 3.8) is 0 Å². The number of esters is 1. The first-order valence-corrected chi connectivity index (χ1v) is 1.74. The van der Waals surface area contributed by atoms with Gasteiger partial charge in [-0.2, -0.15) is 0 Å². The Kier molecular flexibility index (Phi) is 2.67. The van der Waals surface area contributed by atoms with Crippen LogP contribution in [0.25, 0.3) is 0 Å². The Morgan fingerprint density at radius 2 is 2.43 bits per heavy atom. The van der Waals surface area contributed by atoms with Gasteiger partial charge in [0.1, 0.15) is 0 Å². The van der Waals surface area contributed by atoms with Crippen LogP contribution in [-0.4, -0.2) is 5.97 Å². The molecule has 0 fully saturated rings. The monoisotopic (exact) mass is 164 g/mol. The maximum atomic E-state index is 9.96. The maximum Gasteiger partial charge on any atom is 0.314 e. The minimum Gasteiger partial charge on any atom is -0.435 e. The summed E-state index contributed by atoms with van der Waals surface area (Å²) in [5.74, 6) is -0.157. The highest BCUT2D eigenvalue weighted by molar-refractivity contribution is 8.93. The average molecular weight is 165 g/mol. The largest absolute Gasteiger partial charge is 0.435 e. The SMILES string of the molecule is Br.O=C1CC=CO1. The van der Waals surface area contributed by atoms with Gasteiger partial charge in [0.2, 0.25) is 0 Å². The molecule has 0 spiro atoms. The Labute approximate surface area is 51.9 Å². The number of cyclic esters (lactones) is 1. The van der Waals surface area contributed by atoms with Gasteiger partial charge >= 0.3 is 5.97 Å². The summed E-state index contributed by atoms with van der Waals surface area (Å²) in [4.78, 5) is 9.96. The molecule has 7 heavy (non-hydrogen) atoms. The summed E-state index contributed by atoms with van der Waals surface area (Å²) < 4.78 is 4.33. The predicted molar refractivity (Wildman–Crippen MR) is 30.2 cm³/mol. The topological polar surface area (TPSA) is 26.3 Å². The molecule has 0 saturated carbocycles. The first kappa shape index (κ1) is 6.69. The van der Waals surface area contributed by atoms with E-state index in [9.17, 15) is 4.79 Å². The Morgan fingerprint density at radius 3 is 2.57 bits per heavy atom. The number of ether oxygens (including phenoxy) is 1. The number of rotatable bonds is 0. The zero-order valence-electron chi connectivity index (χ0n) is 3.59. The minimum absolute atomic E-state index is 0. The van der Waals surface area contributed by atoms with Gasteiger partial charge in [-0.15, -0.1) is 17.0 Å².